The van der Waals surface area contributed by atoms with E-state index in [0.29, 0.717) is 5.57 Å². The number of hydrogen-bond acceptors (Lipinski definition) is 3. The lowest BCUT2D eigenvalue weighted by Crippen LogP contribution is -2.22. The number of allylic oxidation sites excluding steroid dienone is 1. The number of carbonyl (C=O) groups is 1. The highest BCUT2D eigenvalue weighted by Crippen LogP contribution is 2.48. The Labute approximate surface area is 108 Å². The summed E-state index contributed by atoms with van der Waals surface area (Å²) in [7, 11) is 0. The van der Waals surface area contributed by atoms with Crippen LogP contribution in [0, 0.1) is 5.92 Å². The largest absolute Gasteiger partial charge is 0.458 e. The van der Waals surface area contributed by atoms with Gasteiger partial charge < -0.3 is 9.47 Å². The van der Waals surface area contributed by atoms with Gasteiger partial charge in [0.1, 0.15) is 6.10 Å². The molecular weight excluding hydrogens is 228 g/mol. The number of ether oxygens (including phenoxy) is 2. The molecule has 0 bridgehead atoms. The first-order valence-electron chi connectivity index (χ1n) is 6.73. The van der Waals surface area contributed by atoms with Crippen LogP contribution in [-0.4, -0.2) is 23.8 Å². The monoisotopic (exact) mass is 248 g/mol. The summed E-state index contributed by atoms with van der Waals surface area (Å²) < 4.78 is 11.3. The van der Waals surface area contributed by atoms with Crippen molar-refractivity contribution in [3.63, 3.8) is 0 Å². The summed E-state index contributed by atoms with van der Waals surface area (Å²) in [6.07, 6.45) is 6.30. The van der Waals surface area contributed by atoms with Crippen molar-refractivity contribution in [2.75, 3.05) is 0 Å². The zero-order valence-electron chi connectivity index (χ0n) is 11.1. The maximum atomic E-state index is 11.7. The van der Waals surface area contributed by atoms with Crippen LogP contribution in [0.5, 0.6) is 0 Å². The van der Waals surface area contributed by atoms with E-state index < -0.39 is 0 Å². The summed E-state index contributed by atoms with van der Waals surface area (Å²) in [6.45, 7) is 8.17. The second kappa shape index (κ2) is 3.95. The van der Waals surface area contributed by atoms with E-state index in [1.165, 1.54) is 5.57 Å². The third-order valence-electron chi connectivity index (χ3n) is 4.58. The molecule has 0 radical (unpaired) electrons. The van der Waals surface area contributed by atoms with E-state index in [2.05, 4.69) is 26.5 Å². The Morgan fingerprint density at radius 2 is 2.28 bits per heavy atom. The molecule has 3 aliphatic rings. The van der Waals surface area contributed by atoms with Crippen LogP contribution in [0.25, 0.3) is 0 Å². The molecule has 3 heteroatoms. The van der Waals surface area contributed by atoms with Crippen molar-refractivity contribution < 1.29 is 14.3 Å². The molecule has 0 unspecified atom stereocenters. The Morgan fingerprint density at radius 1 is 1.50 bits per heavy atom. The Morgan fingerprint density at radius 3 is 3.06 bits per heavy atom. The van der Waals surface area contributed by atoms with Gasteiger partial charge in [-0.2, -0.15) is 0 Å². The van der Waals surface area contributed by atoms with Gasteiger partial charge in [0.15, 0.2) is 0 Å². The fourth-order valence-electron chi connectivity index (χ4n) is 3.19. The SMILES string of the molecule is C=C1C(=O)O[C@H]2C/C(C)=C\CC[C@@]3(C)O[C@H]3C[C@H]12. The lowest BCUT2D eigenvalue weighted by Gasteiger charge is -2.19. The van der Waals surface area contributed by atoms with Gasteiger partial charge in [-0.15, -0.1) is 0 Å². The molecular formula is C15H20O3. The Balaban J connectivity index is 1.86. The molecule has 0 N–H and O–H groups in total. The Kier molecular flexibility index (Phi) is 2.63. The van der Waals surface area contributed by atoms with Crippen LogP contribution in [0.15, 0.2) is 23.8 Å². The molecule has 1 aliphatic carbocycles. The zero-order chi connectivity index (χ0) is 12.9. The van der Waals surface area contributed by atoms with Crippen LogP contribution >= 0.6 is 0 Å². The summed E-state index contributed by atoms with van der Waals surface area (Å²) >= 11 is 0. The fourth-order valence-corrected chi connectivity index (χ4v) is 3.19. The van der Waals surface area contributed by atoms with Crippen LogP contribution < -0.4 is 0 Å². The summed E-state index contributed by atoms with van der Waals surface area (Å²) in [5.41, 5.74) is 1.94. The van der Waals surface area contributed by atoms with E-state index in [0.717, 1.165) is 25.7 Å². The minimum atomic E-state index is -0.223. The van der Waals surface area contributed by atoms with Crippen LogP contribution in [-0.2, 0) is 14.3 Å². The van der Waals surface area contributed by atoms with Crippen LogP contribution in [0.4, 0.5) is 0 Å². The second-order valence-corrected chi connectivity index (χ2v) is 6.02. The second-order valence-electron chi connectivity index (χ2n) is 6.02. The smallest absolute Gasteiger partial charge is 0.334 e. The molecule has 2 fully saturated rings. The zero-order valence-corrected chi connectivity index (χ0v) is 11.1. The van der Waals surface area contributed by atoms with Gasteiger partial charge in [0.2, 0.25) is 0 Å². The quantitative estimate of drug-likeness (QED) is 0.286. The molecule has 0 aromatic heterocycles. The van der Waals surface area contributed by atoms with E-state index in [4.69, 9.17) is 9.47 Å². The average molecular weight is 248 g/mol. The predicted molar refractivity (Wildman–Crippen MR) is 68.0 cm³/mol. The maximum Gasteiger partial charge on any atom is 0.334 e. The normalized spacial score (nSPS) is 46.6. The molecule has 18 heavy (non-hydrogen) atoms. The predicted octanol–water partition coefficient (Wildman–Crippen LogP) is 2.76. The summed E-state index contributed by atoms with van der Waals surface area (Å²) in [6, 6.07) is 0. The molecule has 0 spiro atoms. The lowest BCUT2D eigenvalue weighted by atomic mass is 9.84. The first kappa shape index (κ1) is 12.0. The van der Waals surface area contributed by atoms with Crippen molar-refractivity contribution in [2.24, 2.45) is 5.92 Å². The van der Waals surface area contributed by atoms with Crippen molar-refractivity contribution in [1.29, 1.82) is 0 Å². The standard InChI is InChI=1S/C15H20O3/c1-9-5-4-6-15(3)13(18-15)8-11-10(2)14(16)17-12(11)7-9/h5,11-13H,2,4,6-8H2,1,3H3/b9-5-/t11-,12+,13+,15-/m1/s1. The first-order valence-corrected chi connectivity index (χ1v) is 6.73. The van der Waals surface area contributed by atoms with Gasteiger partial charge in [0.25, 0.3) is 0 Å². The number of hydrogen-bond donors (Lipinski definition) is 0. The summed E-state index contributed by atoms with van der Waals surface area (Å²) in [5.74, 6) is -0.0924. The fraction of sp³-hybridized carbons (Fsp3) is 0.667. The van der Waals surface area contributed by atoms with Gasteiger partial charge >= 0.3 is 5.97 Å². The van der Waals surface area contributed by atoms with E-state index in [1.54, 1.807) is 0 Å². The molecule has 4 atom stereocenters. The molecule has 0 amide bonds. The van der Waals surface area contributed by atoms with Crippen LogP contribution in [0.3, 0.4) is 0 Å². The summed E-state index contributed by atoms with van der Waals surface area (Å²) in [5, 5.41) is 0. The van der Waals surface area contributed by atoms with Crippen molar-refractivity contribution in [3.8, 4) is 0 Å². The number of esters is 1. The Bertz CT molecular complexity index is 437. The van der Waals surface area contributed by atoms with Gasteiger partial charge in [-0.05, 0) is 33.1 Å². The van der Waals surface area contributed by atoms with Gasteiger partial charge in [-0.1, -0.05) is 18.2 Å². The number of carbonyl (C=O) groups excluding carboxylic acids is 1. The third kappa shape index (κ3) is 1.91. The molecule has 98 valence electrons. The minimum absolute atomic E-state index is 0.00455. The molecule has 3 rings (SSSR count). The maximum absolute atomic E-state index is 11.7. The van der Waals surface area contributed by atoms with E-state index >= 15 is 0 Å². The molecule has 2 saturated heterocycles. The van der Waals surface area contributed by atoms with Crippen LogP contribution in [0.2, 0.25) is 0 Å². The topological polar surface area (TPSA) is 38.8 Å². The van der Waals surface area contributed by atoms with Crippen molar-refractivity contribution in [1.82, 2.24) is 0 Å². The number of rotatable bonds is 0. The molecule has 2 aliphatic heterocycles. The van der Waals surface area contributed by atoms with Gasteiger partial charge in [-0.25, -0.2) is 4.79 Å². The molecule has 2 heterocycles. The van der Waals surface area contributed by atoms with Crippen LogP contribution in [0.1, 0.15) is 39.5 Å². The van der Waals surface area contributed by atoms with E-state index in [-0.39, 0.29) is 29.7 Å². The van der Waals surface area contributed by atoms with Crippen molar-refractivity contribution in [2.45, 2.75) is 57.3 Å². The van der Waals surface area contributed by atoms with Crippen molar-refractivity contribution in [3.05, 3.63) is 23.8 Å². The molecule has 0 saturated carbocycles. The molecule has 3 nitrogen and oxygen atoms in total. The molecule has 0 aromatic rings. The Hall–Kier alpha value is -1.09. The number of epoxide rings is 1. The highest BCUT2D eigenvalue weighted by molar-refractivity contribution is 5.90. The van der Waals surface area contributed by atoms with Gasteiger partial charge in [-0.3, -0.25) is 0 Å². The first-order chi connectivity index (χ1) is 8.49. The average Bonchev–Trinajstić information content (AvgIpc) is 2.86. The van der Waals surface area contributed by atoms with E-state index in [9.17, 15) is 4.79 Å². The highest BCUT2D eigenvalue weighted by atomic mass is 16.6. The van der Waals surface area contributed by atoms with Gasteiger partial charge in [0.05, 0.1) is 11.7 Å². The molecule has 0 aromatic carbocycles. The number of fused-ring (bicyclic) bond motifs is 2. The minimum Gasteiger partial charge on any atom is -0.458 e. The third-order valence-corrected chi connectivity index (χ3v) is 4.58. The summed E-state index contributed by atoms with van der Waals surface area (Å²) in [4.78, 5) is 11.7. The van der Waals surface area contributed by atoms with E-state index in [1.807, 2.05) is 0 Å². The van der Waals surface area contributed by atoms with Gasteiger partial charge in [0, 0.05) is 17.9 Å². The highest BCUT2D eigenvalue weighted by Gasteiger charge is 2.54. The lowest BCUT2D eigenvalue weighted by molar-refractivity contribution is -0.139. The van der Waals surface area contributed by atoms with Crippen molar-refractivity contribution >= 4 is 5.97 Å².